The molecule has 3 amide bonds. The minimum absolute atomic E-state index is 0.0718. The summed E-state index contributed by atoms with van der Waals surface area (Å²) in [5.74, 6) is 0.0688. The number of hydrogen-bond acceptors (Lipinski definition) is 4. The molecule has 7 heteroatoms. The van der Waals surface area contributed by atoms with Crippen LogP contribution in [-0.2, 0) is 9.59 Å². The monoisotopic (exact) mass is 398 g/mol. The summed E-state index contributed by atoms with van der Waals surface area (Å²) in [7, 11) is 0. The summed E-state index contributed by atoms with van der Waals surface area (Å²) >= 11 is 0. The van der Waals surface area contributed by atoms with Crippen molar-refractivity contribution in [2.75, 3.05) is 32.7 Å². The van der Waals surface area contributed by atoms with Gasteiger partial charge in [0.05, 0.1) is 0 Å². The Hall–Kier alpha value is -2.41. The van der Waals surface area contributed by atoms with Crippen molar-refractivity contribution in [2.45, 2.75) is 50.7 Å². The summed E-state index contributed by atoms with van der Waals surface area (Å²) < 4.78 is 0. The topological polar surface area (TPSA) is 73.0 Å². The molecule has 156 valence electrons. The fourth-order valence-corrected chi connectivity index (χ4v) is 4.92. The lowest BCUT2D eigenvalue weighted by Gasteiger charge is -2.40. The number of carbonyl (C=O) groups excluding carboxylic acids is 3. The third-order valence-electron chi connectivity index (χ3n) is 6.53. The van der Waals surface area contributed by atoms with E-state index < -0.39 is 0 Å². The van der Waals surface area contributed by atoms with Gasteiger partial charge in [0.2, 0.25) is 11.8 Å². The van der Waals surface area contributed by atoms with Crippen molar-refractivity contribution in [1.82, 2.24) is 20.0 Å². The maximum atomic E-state index is 13.0. The van der Waals surface area contributed by atoms with E-state index in [1.54, 1.807) is 4.90 Å². The molecule has 3 heterocycles. The van der Waals surface area contributed by atoms with Gasteiger partial charge in [0.25, 0.3) is 5.91 Å². The van der Waals surface area contributed by atoms with Gasteiger partial charge >= 0.3 is 0 Å². The maximum absolute atomic E-state index is 13.0. The van der Waals surface area contributed by atoms with Crippen LogP contribution in [0.4, 0.5) is 0 Å². The Kier molecular flexibility index (Phi) is 5.85. The van der Waals surface area contributed by atoms with E-state index in [1.165, 1.54) is 0 Å². The van der Waals surface area contributed by atoms with Crippen LogP contribution in [0.25, 0.3) is 0 Å². The lowest BCUT2D eigenvalue weighted by atomic mass is 10.1. The van der Waals surface area contributed by atoms with Gasteiger partial charge in [-0.3, -0.25) is 19.3 Å². The Morgan fingerprint density at radius 1 is 1.17 bits per heavy atom. The quantitative estimate of drug-likeness (QED) is 0.779. The number of nitrogens with zero attached hydrogens (tertiary/aromatic N) is 3. The Balaban J connectivity index is 1.39. The van der Waals surface area contributed by atoms with Gasteiger partial charge in [-0.15, -0.1) is 0 Å². The number of rotatable bonds is 6. The number of piperazine rings is 1. The van der Waals surface area contributed by atoms with Gasteiger partial charge < -0.3 is 15.1 Å². The highest BCUT2D eigenvalue weighted by Gasteiger charge is 2.41. The van der Waals surface area contributed by atoms with E-state index in [1.807, 2.05) is 42.2 Å². The summed E-state index contributed by atoms with van der Waals surface area (Å²) in [5.41, 5.74) is 0.717. The first-order valence-corrected chi connectivity index (χ1v) is 10.8. The number of likely N-dealkylation sites (tertiary alicyclic amines) is 1. The molecule has 0 radical (unpaired) electrons. The molecule has 1 N–H and O–H groups in total. The number of hydrogen-bond donors (Lipinski definition) is 1. The Bertz CT molecular complexity index is 769. The zero-order valence-electron chi connectivity index (χ0n) is 17.0. The molecule has 0 spiro atoms. The summed E-state index contributed by atoms with van der Waals surface area (Å²) in [6.07, 6.45) is 2.96. The molecule has 1 aromatic carbocycles. The van der Waals surface area contributed by atoms with Gasteiger partial charge in [-0.1, -0.05) is 25.1 Å². The largest absolute Gasteiger partial charge is 0.353 e. The molecular weight excluding hydrogens is 368 g/mol. The van der Waals surface area contributed by atoms with Gasteiger partial charge in [-0.05, 0) is 31.4 Å². The molecule has 3 aliphatic heterocycles. The van der Waals surface area contributed by atoms with Crippen LogP contribution in [-0.4, -0.2) is 83.3 Å². The normalized spacial score (nSPS) is 27.2. The predicted molar refractivity (Wildman–Crippen MR) is 109 cm³/mol. The lowest BCUT2D eigenvalue weighted by Crippen LogP contribution is -2.58. The van der Waals surface area contributed by atoms with Gasteiger partial charge in [0, 0.05) is 56.8 Å². The molecule has 0 aromatic heterocycles. The fraction of sp³-hybridized carbons (Fsp3) is 0.591. The minimum atomic E-state index is -0.387. The van der Waals surface area contributed by atoms with Crippen LogP contribution >= 0.6 is 0 Å². The van der Waals surface area contributed by atoms with Gasteiger partial charge in [0.1, 0.15) is 6.04 Å². The smallest absolute Gasteiger partial charge is 0.254 e. The zero-order valence-corrected chi connectivity index (χ0v) is 17.0. The molecule has 1 unspecified atom stereocenters. The predicted octanol–water partition coefficient (Wildman–Crippen LogP) is 1.10. The van der Waals surface area contributed by atoms with E-state index in [0.29, 0.717) is 38.0 Å². The van der Waals surface area contributed by atoms with E-state index >= 15 is 0 Å². The molecule has 4 atom stereocenters. The van der Waals surface area contributed by atoms with Crippen molar-refractivity contribution in [3.8, 4) is 0 Å². The summed E-state index contributed by atoms with van der Waals surface area (Å²) in [6.45, 7) is 5.55. The fourth-order valence-electron chi connectivity index (χ4n) is 4.92. The second kappa shape index (κ2) is 8.53. The molecule has 4 rings (SSSR count). The summed E-state index contributed by atoms with van der Waals surface area (Å²) in [6, 6.07) is 9.39. The second-order valence-electron chi connectivity index (χ2n) is 8.27. The first kappa shape index (κ1) is 19.9. The highest BCUT2D eigenvalue weighted by molar-refractivity contribution is 5.94. The van der Waals surface area contributed by atoms with Crippen molar-refractivity contribution >= 4 is 17.7 Å². The van der Waals surface area contributed by atoms with E-state index in [9.17, 15) is 14.4 Å². The molecule has 3 aliphatic rings. The third-order valence-corrected chi connectivity index (χ3v) is 6.53. The highest BCUT2D eigenvalue weighted by Crippen LogP contribution is 2.26. The Morgan fingerprint density at radius 2 is 1.97 bits per heavy atom. The third kappa shape index (κ3) is 4.01. The molecule has 29 heavy (non-hydrogen) atoms. The van der Waals surface area contributed by atoms with E-state index in [-0.39, 0.29) is 35.8 Å². The van der Waals surface area contributed by atoms with Crippen LogP contribution in [0, 0.1) is 0 Å². The van der Waals surface area contributed by atoms with Crippen LogP contribution in [0.5, 0.6) is 0 Å². The molecule has 3 saturated heterocycles. The minimum Gasteiger partial charge on any atom is -0.353 e. The summed E-state index contributed by atoms with van der Waals surface area (Å²) in [4.78, 5) is 43.9. The molecule has 3 fully saturated rings. The van der Waals surface area contributed by atoms with E-state index in [4.69, 9.17) is 0 Å². The SMILES string of the molecule is CC[C@H](C(=O)NC[C@H]1CN(C(=O)c2ccccc2)[C@H]2CCN1C2)N1CCCC1=O. The van der Waals surface area contributed by atoms with Crippen molar-refractivity contribution in [3.05, 3.63) is 35.9 Å². The Morgan fingerprint density at radius 3 is 2.66 bits per heavy atom. The molecule has 7 nitrogen and oxygen atoms in total. The van der Waals surface area contributed by atoms with Crippen LogP contribution in [0.1, 0.15) is 43.0 Å². The van der Waals surface area contributed by atoms with Crippen LogP contribution in [0.3, 0.4) is 0 Å². The number of amides is 3. The van der Waals surface area contributed by atoms with Crippen molar-refractivity contribution < 1.29 is 14.4 Å². The molecule has 2 bridgehead atoms. The van der Waals surface area contributed by atoms with E-state index in [0.717, 1.165) is 25.9 Å². The van der Waals surface area contributed by atoms with Gasteiger partial charge in [-0.25, -0.2) is 0 Å². The molecule has 0 saturated carbocycles. The number of fused-ring (bicyclic) bond motifs is 2. The standard InChI is InChI=1S/C22H30N4O3/c1-2-19(25-11-6-9-20(25)27)21(28)23-13-18-15-26(17-10-12-24(18)14-17)22(29)16-7-4-3-5-8-16/h3-5,7-8,17-19H,2,6,9-15H2,1H3,(H,23,28)/t17-,18-,19+/m0/s1. The van der Waals surface area contributed by atoms with Crippen molar-refractivity contribution in [1.29, 1.82) is 0 Å². The average molecular weight is 399 g/mol. The van der Waals surface area contributed by atoms with Gasteiger partial charge in [0.15, 0.2) is 0 Å². The lowest BCUT2D eigenvalue weighted by molar-refractivity contribution is -0.137. The van der Waals surface area contributed by atoms with Crippen LogP contribution in [0.15, 0.2) is 30.3 Å². The van der Waals surface area contributed by atoms with Crippen molar-refractivity contribution in [2.24, 2.45) is 0 Å². The number of nitrogens with one attached hydrogen (secondary N) is 1. The zero-order chi connectivity index (χ0) is 20.4. The van der Waals surface area contributed by atoms with Crippen LogP contribution in [0.2, 0.25) is 0 Å². The molecule has 1 aromatic rings. The Labute approximate surface area is 172 Å². The van der Waals surface area contributed by atoms with Crippen molar-refractivity contribution in [3.63, 3.8) is 0 Å². The molecular formula is C22H30N4O3. The first-order chi connectivity index (χ1) is 14.1. The maximum Gasteiger partial charge on any atom is 0.254 e. The first-order valence-electron chi connectivity index (χ1n) is 10.8. The number of benzene rings is 1. The second-order valence-corrected chi connectivity index (χ2v) is 8.27. The van der Waals surface area contributed by atoms with Gasteiger partial charge in [-0.2, -0.15) is 0 Å². The van der Waals surface area contributed by atoms with Crippen LogP contribution < -0.4 is 5.32 Å². The number of carbonyl (C=O) groups is 3. The molecule has 0 aliphatic carbocycles. The van der Waals surface area contributed by atoms with E-state index in [2.05, 4.69) is 10.2 Å². The summed E-state index contributed by atoms with van der Waals surface area (Å²) in [5, 5.41) is 3.07. The average Bonchev–Trinajstić information content (AvgIpc) is 3.35. The highest BCUT2D eigenvalue weighted by atomic mass is 16.2.